The molecule has 0 saturated heterocycles. The largest absolute Gasteiger partial charge is 0.478 e. The highest BCUT2D eigenvalue weighted by molar-refractivity contribution is 5.76. The zero-order valence-electron chi connectivity index (χ0n) is 32.2. The topological polar surface area (TPSA) is 44.8 Å². The van der Waals surface area contributed by atoms with Crippen molar-refractivity contribution in [2.45, 2.75) is 150 Å². The van der Waals surface area contributed by atoms with Crippen molar-refractivity contribution in [2.24, 2.45) is 45.3 Å². The molecule has 11 atom stereocenters. The highest BCUT2D eigenvalue weighted by Crippen LogP contribution is 2.75. The van der Waals surface area contributed by atoms with E-state index in [2.05, 4.69) is 93.2 Å². The molecule has 1 heterocycles. The van der Waals surface area contributed by atoms with Gasteiger partial charge in [0.15, 0.2) is 22.7 Å². The van der Waals surface area contributed by atoms with Crippen molar-refractivity contribution in [3.05, 3.63) is 52.6 Å². The third-order valence-corrected chi connectivity index (χ3v) is 17.4. The molecule has 0 amide bonds. The Bertz CT molecular complexity index is 1700. The van der Waals surface area contributed by atoms with Crippen molar-refractivity contribution >= 4 is 12.0 Å². The Kier molecular flexibility index (Phi) is 7.08. The summed E-state index contributed by atoms with van der Waals surface area (Å²) >= 11 is 0. The molecule has 266 valence electrons. The summed E-state index contributed by atoms with van der Waals surface area (Å²) in [6.45, 7) is 26.1. The van der Waals surface area contributed by atoms with E-state index in [0.717, 1.165) is 62.9 Å². The van der Waals surface area contributed by atoms with E-state index < -0.39 is 16.6 Å². The molecule has 1 aromatic rings. The lowest BCUT2D eigenvalue weighted by atomic mass is 9.33. The number of benzene rings is 1. The van der Waals surface area contributed by atoms with E-state index in [9.17, 15) is 4.79 Å². The zero-order valence-corrected chi connectivity index (χ0v) is 32.2. The van der Waals surface area contributed by atoms with Crippen LogP contribution in [-0.4, -0.2) is 24.3 Å². The van der Waals surface area contributed by atoms with Crippen molar-refractivity contribution in [3.63, 3.8) is 0 Å². The van der Waals surface area contributed by atoms with E-state index >= 15 is 0 Å². The summed E-state index contributed by atoms with van der Waals surface area (Å²) in [4.78, 5) is 13.2. The smallest absolute Gasteiger partial charge is 0.311 e. The molecule has 6 aliphatic carbocycles. The minimum absolute atomic E-state index is 0.00822. The monoisotopic (exact) mass is 666 g/mol. The Balaban J connectivity index is 1.21. The van der Waals surface area contributed by atoms with Crippen LogP contribution >= 0.6 is 0 Å². The number of carbonyl (C=O) groups is 1. The fourth-order valence-corrected chi connectivity index (χ4v) is 13.7. The summed E-state index contributed by atoms with van der Waals surface area (Å²) in [6, 6.07) is 2.43. The van der Waals surface area contributed by atoms with Crippen LogP contribution in [0.3, 0.4) is 0 Å². The first-order chi connectivity index (χ1) is 22.9. The second kappa shape index (κ2) is 10.3. The maximum atomic E-state index is 13.2. The number of hydrogen-bond donors (Lipinski definition) is 0. The van der Waals surface area contributed by atoms with Gasteiger partial charge in [-0.2, -0.15) is 0 Å². The summed E-state index contributed by atoms with van der Waals surface area (Å²) in [5.41, 5.74) is 5.86. The number of hydrogen-bond acceptors (Lipinski definition) is 4. The molecule has 1 aliphatic heterocycles. The standard InChI is InChI=1S/C45H62O4/c1-27(2)31-13-12-28(3)44-17-16-29(4)45(44,25-31)49-37-30(5)32-14-15-35-41(8,33(32)24-34(37)48-44)21-23-43(10)36-26-40(7,38(46)47-11)19-18-39(36,6)20-22-42(35,43)9/h14-16,24,28,31,35-36H,1,12-13,17-23,25-26H2,2-11H3/t28-,31-,35+,36-,39-,40-,41+,42-,43+,44+,45+/m1/s1. The lowest BCUT2D eigenvalue weighted by Gasteiger charge is -2.71. The van der Waals surface area contributed by atoms with Crippen molar-refractivity contribution in [1.29, 1.82) is 0 Å². The third kappa shape index (κ3) is 4.01. The fourth-order valence-electron chi connectivity index (χ4n) is 13.7. The van der Waals surface area contributed by atoms with E-state index in [4.69, 9.17) is 14.2 Å². The molecule has 4 fully saturated rings. The first-order valence-corrected chi connectivity index (χ1v) is 19.6. The van der Waals surface area contributed by atoms with Gasteiger partial charge in [-0.15, -0.1) is 0 Å². The maximum Gasteiger partial charge on any atom is 0.311 e. The average Bonchev–Trinajstić information content (AvgIpc) is 3.27. The molecule has 0 N–H and O–H groups in total. The van der Waals surface area contributed by atoms with Crippen molar-refractivity contribution in [2.75, 3.05) is 7.11 Å². The van der Waals surface area contributed by atoms with Crippen molar-refractivity contribution in [3.8, 4) is 11.5 Å². The Hall–Kier alpha value is -2.49. The quantitative estimate of drug-likeness (QED) is 0.233. The SMILES string of the molecule is C=C(C)[C@@H]1CC[C@@H](C)[C@@]23CC=C(C)[C@]2(C1)Oc1c(cc2c(c1C)C=C[C@H]1[C@@]2(C)CC[C@@]2(C)[C@@H]4C[C@](C)(C(=O)OC)CC[C@]4(C)CC[C@]12C)O3. The maximum absolute atomic E-state index is 13.2. The Morgan fingerprint density at radius 1 is 0.939 bits per heavy atom. The molecule has 0 radical (unpaired) electrons. The van der Waals surface area contributed by atoms with Crippen molar-refractivity contribution in [1.82, 2.24) is 0 Å². The molecule has 0 aromatic heterocycles. The van der Waals surface area contributed by atoms with E-state index in [-0.39, 0.29) is 27.6 Å². The van der Waals surface area contributed by atoms with Gasteiger partial charge in [0.25, 0.3) is 0 Å². The highest BCUT2D eigenvalue weighted by Gasteiger charge is 2.69. The van der Waals surface area contributed by atoms with Gasteiger partial charge >= 0.3 is 5.97 Å². The van der Waals surface area contributed by atoms with Gasteiger partial charge in [0.05, 0.1) is 12.5 Å². The van der Waals surface area contributed by atoms with Crippen LogP contribution in [0, 0.1) is 52.3 Å². The van der Waals surface area contributed by atoms with Crippen LogP contribution in [0.5, 0.6) is 11.5 Å². The fraction of sp³-hybridized carbons (Fsp3) is 0.711. The number of rotatable bonds is 2. The van der Waals surface area contributed by atoms with Crippen LogP contribution in [0.2, 0.25) is 0 Å². The summed E-state index contributed by atoms with van der Waals surface area (Å²) in [5, 5.41) is 0. The lowest BCUT2D eigenvalue weighted by molar-refractivity contribution is -0.205. The minimum atomic E-state index is -0.461. The molecule has 8 rings (SSSR count). The molecule has 49 heavy (non-hydrogen) atoms. The molecule has 7 aliphatic rings. The molecular weight excluding hydrogens is 604 g/mol. The Morgan fingerprint density at radius 2 is 1.65 bits per heavy atom. The normalized spacial score (nSPS) is 47.6. The second-order valence-corrected chi connectivity index (χ2v) is 19.6. The molecule has 4 saturated carbocycles. The Labute approximate surface area is 296 Å². The summed E-state index contributed by atoms with van der Waals surface area (Å²) in [6.07, 6.45) is 19.3. The summed E-state index contributed by atoms with van der Waals surface area (Å²) < 4.78 is 20.4. The van der Waals surface area contributed by atoms with E-state index in [1.807, 2.05) is 0 Å². The number of allylic oxidation sites excluding steroid dienone is 2. The molecule has 0 bridgehead atoms. The van der Waals surface area contributed by atoms with Crippen LogP contribution in [0.15, 0.2) is 35.9 Å². The minimum Gasteiger partial charge on any atom is -0.478 e. The molecule has 1 aromatic carbocycles. The van der Waals surface area contributed by atoms with E-state index in [1.54, 1.807) is 7.11 Å². The number of ether oxygens (including phenoxy) is 3. The van der Waals surface area contributed by atoms with Gasteiger partial charge < -0.3 is 14.2 Å². The van der Waals surface area contributed by atoms with Gasteiger partial charge in [-0.3, -0.25) is 4.79 Å². The third-order valence-electron chi connectivity index (χ3n) is 17.4. The van der Waals surface area contributed by atoms with Crippen LogP contribution in [-0.2, 0) is 14.9 Å². The molecule has 4 heteroatoms. The number of esters is 1. The number of fused-ring (bicyclic) bond motifs is 8. The predicted octanol–water partition coefficient (Wildman–Crippen LogP) is 11.1. The van der Waals surface area contributed by atoms with E-state index in [0.29, 0.717) is 23.7 Å². The van der Waals surface area contributed by atoms with Gasteiger partial charge in [-0.25, -0.2) is 0 Å². The zero-order chi connectivity index (χ0) is 35.2. The van der Waals surface area contributed by atoms with Crippen LogP contribution in [0.1, 0.15) is 143 Å². The van der Waals surface area contributed by atoms with Crippen molar-refractivity contribution < 1.29 is 19.0 Å². The number of carbonyl (C=O) groups excluding carboxylic acids is 1. The average molecular weight is 667 g/mol. The van der Waals surface area contributed by atoms with Gasteiger partial charge in [0.2, 0.25) is 0 Å². The Morgan fingerprint density at radius 3 is 2.37 bits per heavy atom. The number of methoxy groups -OCH3 is 1. The molecule has 0 spiro atoms. The molecule has 4 nitrogen and oxygen atoms in total. The molecular formula is C45H62O4. The van der Waals surface area contributed by atoms with Crippen LogP contribution in [0.25, 0.3) is 6.08 Å². The summed E-state index contributed by atoms with van der Waals surface area (Å²) in [7, 11) is 1.57. The van der Waals surface area contributed by atoms with Crippen LogP contribution in [0.4, 0.5) is 0 Å². The van der Waals surface area contributed by atoms with Gasteiger partial charge in [0, 0.05) is 29.7 Å². The van der Waals surface area contributed by atoms with Crippen LogP contribution < -0.4 is 9.47 Å². The molecule has 0 unspecified atom stereocenters. The highest BCUT2D eigenvalue weighted by atomic mass is 16.6. The van der Waals surface area contributed by atoms with E-state index in [1.165, 1.54) is 47.1 Å². The summed E-state index contributed by atoms with van der Waals surface area (Å²) in [5.74, 6) is 3.59. The second-order valence-electron chi connectivity index (χ2n) is 19.6. The first-order valence-electron chi connectivity index (χ1n) is 19.6. The van der Waals surface area contributed by atoms with Gasteiger partial charge in [0.1, 0.15) is 0 Å². The lowest BCUT2D eigenvalue weighted by Crippen LogP contribution is -2.65. The van der Waals surface area contributed by atoms with Gasteiger partial charge in [-0.1, -0.05) is 65.0 Å². The predicted molar refractivity (Wildman–Crippen MR) is 198 cm³/mol. The first kappa shape index (κ1) is 33.6. The van der Waals surface area contributed by atoms with Gasteiger partial charge in [-0.05, 0) is 142 Å².